The van der Waals surface area contributed by atoms with E-state index in [1.54, 1.807) is 5.43 Å². The van der Waals surface area contributed by atoms with Crippen molar-refractivity contribution in [2.45, 2.75) is 12.8 Å². The highest BCUT2D eigenvalue weighted by atomic mass is 19.4. The van der Waals surface area contributed by atoms with Crippen molar-refractivity contribution in [2.24, 2.45) is 0 Å². The number of hydrazine groups is 1. The van der Waals surface area contributed by atoms with Crippen molar-refractivity contribution in [3.8, 4) is 0 Å². The second-order valence-corrected chi connectivity index (χ2v) is 3.82. The second kappa shape index (κ2) is 5.70. The van der Waals surface area contributed by atoms with Gasteiger partial charge < -0.3 is 0 Å². The Morgan fingerprint density at radius 1 is 1.20 bits per heavy atom. The number of nitrogens with zero attached hydrogens (tertiary/aromatic N) is 3. The standard InChI is InChI=1S/C11H10F3N5O/c12-11(13,14)18-17-9-15-7-19(10(20)16-9)6-8-4-2-1-3-5-8/h1-5,7,18H,6H2,(H,16,17,20). The minimum atomic E-state index is -4.64. The normalized spacial score (nSPS) is 11.3. The van der Waals surface area contributed by atoms with Gasteiger partial charge in [0.15, 0.2) is 0 Å². The number of rotatable bonds is 4. The number of hydrogen-bond donors (Lipinski definition) is 2. The highest BCUT2D eigenvalue weighted by molar-refractivity contribution is 5.19. The number of halogens is 3. The Hall–Kier alpha value is -2.42. The monoisotopic (exact) mass is 285 g/mol. The van der Waals surface area contributed by atoms with Gasteiger partial charge in [0.05, 0.1) is 6.54 Å². The van der Waals surface area contributed by atoms with Crippen molar-refractivity contribution >= 4 is 5.95 Å². The highest BCUT2D eigenvalue weighted by Gasteiger charge is 2.27. The molecule has 0 atom stereocenters. The van der Waals surface area contributed by atoms with Crippen molar-refractivity contribution in [1.29, 1.82) is 0 Å². The molecule has 0 aliphatic heterocycles. The molecular weight excluding hydrogens is 275 g/mol. The van der Waals surface area contributed by atoms with Gasteiger partial charge in [-0.05, 0) is 5.56 Å². The van der Waals surface area contributed by atoms with Crippen molar-refractivity contribution in [3.05, 3.63) is 52.7 Å². The van der Waals surface area contributed by atoms with Crippen LogP contribution in [-0.4, -0.2) is 20.8 Å². The van der Waals surface area contributed by atoms with E-state index in [4.69, 9.17) is 0 Å². The van der Waals surface area contributed by atoms with Crippen molar-refractivity contribution in [3.63, 3.8) is 0 Å². The van der Waals surface area contributed by atoms with Crippen molar-refractivity contribution in [1.82, 2.24) is 20.0 Å². The fourth-order valence-corrected chi connectivity index (χ4v) is 1.43. The van der Waals surface area contributed by atoms with Gasteiger partial charge in [-0.1, -0.05) is 30.3 Å². The molecule has 0 aliphatic carbocycles. The van der Waals surface area contributed by atoms with Gasteiger partial charge in [0.25, 0.3) is 0 Å². The molecule has 106 valence electrons. The molecule has 0 amide bonds. The molecule has 0 spiro atoms. The van der Waals surface area contributed by atoms with Crippen LogP contribution in [0, 0.1) is 0 Å². The van der Waals surface area contributed by atoms with Crippen LogP contribution in [0.4, 0.5) is 19.1 Å². The number of benzene rings is 1. The molecule has 2 aromatic rings. The third-order valence-corrected chi connectivity index (χ3v) is 2.28. The van der Waals surface area contributed by atoms with Crippen LogP contribution >= 0.6 is 0 Å². The first-order valence-corrected chi connectivity index (χ1v) is 5.51. The van der Waals surface area contributed by atoms with Gasteiger partial charge >= 0.3 is 12.0 Å². The summed E-state index contributed by atoms with van der Waals surface area (Å²) in [6.45, 7) is 0.243. The zero-order chi connectivity index (χ0) is 14.6. The van der Waals surface area contributed by atoms with Crippen LogP contribution in [0.5, 0.6) is 0 Å². The molecule has 2 N–H and O–H groups in total. The van der Waals surface area contributed by atoms with Crippen LogP contribution < -0.4 is 16.5 Å². The summed E-state index contributed by atoms with van der Waals surface area (Å²) in [5, 5.41) is 0. The molecular formula is C11H10F3N5O. The number of hydrogen-bond acceptors (Lipinski definition) is 5. The van der Waals surface area contributed by atoms with E-state index in [0.29, 0.717) is 0 Å². The molecule has 1 aromatic carbocycles. The Bertz CT molecular complexity index is 626. The summed E-state index contributed by atoms with van der Waals surface area (Å²) >= 11 is 0. The van der Waals surface area contributed by atoms with Crippen LogP contribution in [-0.2, 0) is 6.54 Å². The summed E-state index contributed by atoms with van der Waals surface area (Å²) in [7, 11) is 0. The fraction of sp³-hybridized carbons (Fsp3) is 0.182. The molecule has 0 saturated carbocycles. The number of anilines is 1. The minimum Gasteiger partial charge on any atom is -0.282 e. The van der Waals surface area contributed by atoms with E-state index in [-0.39, 0.29) is 6.54 Å². The van der Waals surface area contributed by atoms with Crippen LogP contribution in [0.2, 0.25) is 0 Å². The average molecular weight is 285 g/mol. The number of aromatic nitrogens is 3. The van der Waals surface area contributed by atoms with E-state index < -0.39 is 17.9 Å². The van der Waals surface area contributed by atoms with E-state index in [1.807, 2.05) is 30.3 Å². The average Bonchev–Trinajstić information content (AvgIpc) is 2.40. The van der Waals surface area contributed by atoms with Crippen LogP contribution in [0.3, 0.4) is 0 Å². The van der Waals surface area contributed by atoms with E-state index >= 15 is 0 Å². The van der Waals surface area contributed by atoms with Gasteiger partial charge in [0.1, 0.15) is 6.33 Å². The number of alkyl halides is 3. The molecule has 0 radical (unpaired) electrons. The first kappa shape index (κ1) is 14.0. The van der Waals surface area contributed by atoms with Gasteiger partial charge in [-0.25, -0.2) is 9.78 Å². The molecule has 1 heterocycles. The lowest BCUT2D eigenvalue weighted by Gasteiger charge is -2.10. The molecule has 0 unspecified atom stereocenters. The lowest BCUT2D eigenvalue weighted by Crippen LogP contribution is -2.38. The maximum atomic E-state index is 11.9. The Morgan fingerprint density at radius 3 is 2.50 bits per heavy atom. The molecule has 20 heavy (non-hydrogen) atoms. The van der Waals surface area contributed by atoms with Crippen LogP contribution in [0.25, 0.3) is 0 Å². The molecule has 0 saturated heterocycles. The van der Waals surface area contributed by atoms with Gasteiger partial charge in [-0.15, -0.1) is 5.43 Å². The molecule has 6 nitrogen and oxygen atoms in total. The summed E-state index contributed by atoms with van der Waals surface area (Å²) in [6, 6.07) is 9.07. The first-order chi connectivity index (χ1) is 9.44. The van der Waals surface area contributed by atoms with Crippen LogP contribution in [0.15, 0.2) is 41.5 Å². The molecule has 0 aliphatic rings. The predicted molar refractivity (Wildman–Crippen MR) is 64.6 cm³/mol. The lowest BCUT2D eigenvalue weighted by molar-refractivity contribution is -0.151. The highest BCUT2D eigenvalue weighted by Crippen LogP contribution is 2.08. The molecule has 9 heteroatoms. The Labute approximate surface area is 111 Å². The second-order valence-electron chi connectivity index (χ2n) is 3.82. The van der Waals surface area contributed by atoms with Crippen molar-refractivity contribution < 1.29 is 13.2 Å². The summed E-state index contributed by atoms with van der Waals surface area (Å²) < 4.78 is 36.9. The first-order valence-electron chi connectivity index (χ1n) is 5.51. The van der Waals surface area contributed by atoms with Crippen LogP contribution in [0.1, 0.15) is 5.56 Å². The molecule has 0 fully saturated rings. The third-order valence-electron chi connectivity index (χ3n) is 2.28. The lowest BCUT2D eigenvalue weighted by atomic mass is 10.2. The van der Waals surface area contributed by atoms with E-state index in [2.05, 4.69) is 9.97 Å². The topological polar surface area (TPSA) is 71.8 Å². The van der Waals surface area contributed by atoms with Gasteiger partial charge in [-0.2, -0.15) is 18.2 Å². The van der Waals surface area contributed by atoms with E-state index in [9.17, 15) is 18.0 Å². The Kier molecular flexibility index (Phi) is 3.99. The number of nitrogens with one attached hydrogen (secondary N) is 2. The van der Waals surface area contributed by atoms with Crippen molar-refractivity contribution in [2.75, 3.05) is 5.43 Å². The van der Waals surface area contributed by atoms with E-state index in [0.717, 1.165) is 17.3 Å². The third kappa shape index (κ3) is 4.05. The van der Waals surface area contributed by atoms with E-state index in [1.165, 1.54) is 4.57 Å². The molecule has 1 aromatic heterocycles. The predicted octanol–water partition coefficient (Wildman–Crippen LogP) is 1.12. The summed E-state index contributed by atoms with van der Waals surface area (Å²) in [5.74, 6) is -0.448. The largest absolute Gasteiger partial charge is 0.474 e. The van der Waals surface area contributed by atoms with Gasteiger partial charge in [-0.3, -0.25) is 9.99 Å². The fourth-order valence-electron chi connectivity index (χ4n) is 1.43. The quantitative estimate of drug-likeness (QED) is 0.650. The smallest absolute Gasteiger partial charge is 0.282 e. The maximum Gasteiger partial charge on any atom is 0.474 e. The van der Waals surface area contributed by atoms with Gasteiger partial charge in [0, 0.05) is 0 Å². The Balaban J connectivity index is 2.08. The Morgan fingerprint density at radius 2 is 1.90 bits per heavy atom. The van der Waals surface area contributed by atoms with Gasteiger partial charge in [0.2, 0.25) is 5.95 Å². The molecule has 0 bridgehead atoms. The zero-order valence-corrected chi connectivity index (χ0v) is 10.1. The zero-order valence-electron chi connectivity index (χ0n) is 10.1. The minimum absolute atomic E-state index is 0.243. The summed E-state index contributed by atoms with van der Waals surface area (Å²) in [6.07, 6.45) is -3.51. The summed E-state index contributed by atoms with van der Waals surface area (Å²) in [5.41, 5.74) is 2.87. The summed E-state index contributed by atoms with van der Waals surface area (Å²) in [4.78, 5) is 18.6. The maximum absolute atomic E-state index is 11.9. The molecule has 2 rings (SSSR count). The SMILES string of the molecule is O=c1nc(NNC(F)(F)F)ncn1Cc1ccccc1.